The zero-order valence-corrected chi connectivity index (χ0v) is 9.99. The molecule has 0 spiro atoms. The molecule has 1 atom stereocenters. The quantitative estimate of drug-likeness (QED) is 0.919. The van der Waals surface area contributed by atoms with Gasteiger partial charge in [0.2, 0.25) is 0 Å². The molecule has 2 N–H and O–H groups in total. The predicted molar refractivity (Wildman–Crippen MR) is 64.4 cm³/mol. The SMILES string of the molecule is N[C@@H](c1ccccc1)c1ncc(Br)cc1F. The summed E-state index contributed by atoms with van der Waals surface area (Å²) in [6.07, 6.45) is 1.54. The van der Waals surface area contributed by atoms with Gasteiger partial charge in [0, 0.05) is 10.7 Å². The molecule has 0 aliphatic heterocycles. The average molecular weight is 281 g/mol. The van der Waals surface area contributed by atoms with Gasteiger partial charge in [0.15, 0.2) is 0 Å². The van der Waals surface area contributed by atoms with Gasteiger partial charge in [-0.25, -0.2) is 4.39 Å². The van der Waals surface area contributed by atoms with Crippen molar-refractivity contribution < 1.29 is 4.39 Å². The van der Waals surface area contributed by atoms with E-state index < -0.39 is 11.9 Å². The van der Waals surface area contributed by atoms with Gasteiger partial charge in [-0.3, -0.25) is 4.98 Å². The van der Waals surface area contributed by atoms with Crippen molar-refractivity contribution in [3.63, 3.8) is 0 Å². The maximum atomic E-state index is 13.6. The van der Waals surface area contributed by atoms with E-state index >= 15 is 0 Å². The summed E-state index contributed by atoms with van der Waals surface area (Å²) < 4.78 is 14.2. The molecule has 0 bridgehead atoms. The number of nitrogens with two attached hydrogens (primary N) is 1. The predicted octanol–water partition coefficient (Wildman–Crippen LogP) is 3.03. The number of halogens is 2. The molecular weight excluding hydrogens is 271 g/mol. The van der Waals surface area contributed by atoms with Crippen LogP contribution in [0.5, 0.6) is 0 Å². The van der Waals surface area contributed by atoms with E-state index in [9.17, 15) is 4.39 Å². The molecular formula is C12H10BrFN2. The van der Waals surface area contributed by atoms with Crippen molar-refractivity contribution in [2.75, 3.05) is 0 Å². The molecule has 0 aliphatic rings. The molecule has 2 rings (SSSR count). The van der Waals surface area contributed by atoms with Crippen LogP contribution in [0.25, 0.3) is 0 Å². The van der Waals surface area contributed by atoms with Crippen LogP contribution in [0.2, 0.25) is 0 Å². The summed E-state index contributed by atoms with van der Waals surface area (Å²) in [6, 6.07) is 10.2. The standard InChI is InChI=1S/C12H10BrFN2/c13-9-6-10(14)12(16-7-9)11(15)8-4-2-1-3-5-8/h1-7,11H,15H2/t11-/m0/s1. The fourth-order valence-electron chi connectivity index (χ4n) is 1.47. The lowest BCUT2D eigenvalue weighted by atomic mass is 10.0. The van der Waals surface area contributed by atoms with Gasteiger partial charge in [-0.2, -0.15) is 0 Å². The first-order chi connectivity index (χ1) is 7.68. The number of pyridine rings is 1. The van der Waals surface area contributed by atoms with Crippen LogP contribution in [0.15, 0.2) is 47.1 Å². The highest BCUT2D eigenvalue weighted by atomic mass is 79.9. The smallest absolute Gasteiger partial charge is 0.147 e. The number of benzene rings is 1. The van der Waals surface area contributed by atoms with Crippen molar-refractivity contribution in [1.29, 1.82) is 0 Å². The summed E-state index contributed by atoms with van der Waals surface area (Å²) >= 11 is 3.16. The Hall–Kier alpha value is -1.26. The molecule has 16 heavy (non-hydrogen) atoms. The average Bonchev–Trinajstić information content (AvgIpc) is 2.29. The molecule has 0 saturated carbocycles. The minimum absolute atomic E-state index is 0.259. The molecule has 2 aromatic rings. The second-order valence-electron chi connectivity index (χ2n) is 3.41. The Kier molecular flexibility index (Phi) is 3.31. The van der Waals surface area contributed by atoms with E-state index in [1.54, 1.807) is 6.20 Å². The summed E-state index contributed by atoms with van der Waals surface area (Å²) in [5, 5.41) is 0. The van der Waals surface area contributed by atoms with Crippen LogP contribution in [0.4, 0.5) is 4.39 Å². The third kappa shape index (κ3) is 2.28. The number of nitrogens with zero attached hydrogens (tertiary/aromatic N) is 1. The number of hydrogen-bond donors (Lipinski definition) is 1. The van der Waals surface area contributed by atoms with E-state index in [0.717, 1.165) is 5.56 Å². The topological polar surface area (TPSA) is 38.9 Å². The van der Waals surface area contributed by atoms with Crippen molar-refractivity contribution in [2.24, 2.45) is 5.73 Å². The van der Waals surface area contributed by atoms with Gasteiger partial charge in [-0.1, -0.05) is 30.3 Å². The molecule has 1 aromatic carbocycles. The van der Waals surface area contributed by atoms with Crippen LogP contribution in [0.1, 0.15) is 17.3 Å². The summed E-state index contributed by atoms with van der Waals surface area (Å²) in [7, 11) is 0. The number of aromatic nitrogens is 1. The lowest BCUT2D eigenvalue weighted by Gasteiger charge is -2.12. The van der Waals surface area contributed by atoms with Gasteiger partial charge in [-0.15, -0.1) is 0 Å². The molecule has 1 aromatic heterocycles. The highest BCUT2D eigenvalue weighted by Gasteiger charge is 2.14. The van der Waals surface area contributed by atoms with Crippen LogP contribution in [-0.2, 0) is 0 Å². The zero-order valence-electron chi connectivity index (χ0n) is 8.40. The molecule has 82 valence electrons. The van der Waals surface area contributed by atoms with Crippen molar-refractivity contribution in [3.8, 4) is 0 Å². The van der Waals surface area contributed by atoms with Crippen LogP contribution in [-0.4, -0.2) is 4.98 Å². The lowest BCUT2D eigenvalue weighted by Crippen LogP contribution is -2.15. The Balaban J connectivity index is 2.38. The molecule has 4 heteroatoms. The third-order valence-corrected chi connectivity index (χ3v) is 2.72. The van der Waals surface area contributed by atoms with Gasteiger partial charge < -0.3 is 5.73 Å². The molecule has 0 fully saturated rings. The first-order valence-electron chi connectivity index (χ1n) is 4.80. The Morgan fingerprint density at radius 1 is 1.25 bits per heavy atom. The van der Waals surface area contributed by atoms with Gasteiger partial charge in [-0.05, 0) is 27.6 Å². The second kappa shape index (κ2) is 4.72. The monoisotopic (exact) mass is 280 g/mol. The first kappa shape index (κ1) is 11.2. The zero-order chi connectivity index (χ0) is 11.5. The van der Waals surface area contributed by atoms with Crippen molar-refractivity contribution in [2.45, 2.75) is 6.04 Å². The highest BCUT2D eigenvalue weighted by molar-refractivity contribution is 9.10. The minimum Gasteiger partial charge on any atom is -0.319 e. The Morgan fingerprint density at radius 2 is 1.94 bits per heavy atom. The highest BCUT2D eigenvalue weighted by Crippen LogP contribution is 2.21. The van der Waals surface area contributed by atoms with Crippen molar-refractivity contribution >= 4 is 15.9 Å². The molecule has 0 saturated heterocycles. The van der Waals surface area contributed by atoms with Crippen molar-refractivity contribution in [3.05, 3.63) is 64.1 Å². The Morgan fingerprint density at radius 3 is 2.56 bits per heavy atom. The maximum Gasteiger partial charge on any atom is 0.147 e. The molecule has 2 nitrogen and oxygen atoms in total. The molecule has 1 heterocycles. The van der Waals surface area contributed by atoms with Gasteiger partial charge >= 0.3 is 0 Å². The van der Waals surface area contributed by atoms with E-state index in [0.29, 0.717) is 4.47 Å². The normalized spacial score (nSPS) is 12.4. The van der Waals surface area contributed by atoms with Crippen molar-refractivity contribution in [1.82, 2.24) is 4.98 Å². The van der Waals surface area contributed by atoms with Crippen LogP contribution < -0.4 is 5.73 Å². The number of hydrogen-bond acceptors (Lipinski definition) is 2. The molecule has 0 aliphatic carbocycles. The molecule has 0 unspecified atom stereocenters. The fourth-order valence-corrected chi connectivity index (χ4v) is 1.78. The fraction of sp³-hybridized carbons (Fsp3) is 0.0833. The minimum atomic E-state index is -0.533. The third-order valence-electron chi connectivity index (χ3n) is 2.29. The molecule has 0 radical (unpaired) electrons. The summed E-state index contributed by atoms with van der Waals surface area (Å²) in [6.45, 7) is 0. The van der Waals surface area contributed by atoms with E-state index in [4.69, 9.17) is 5.73 Å². The number of rotatable bonds is 2. The van der Waals surface area contributed by atoms with Crippen LogP contribution in [0, 0.1) is 5.82 Å². The van der Waals surface area contributed by atoms with Crippen LogP contribution in [0.3, 0.4) is 0 Å². The lowest BCUT2D eigenvalue weighted by molar-refractivity contribution is 0.585. The molecule has 0 amide bonds. The van der Waals surface area contributed by atoms with E-state index in [1.165, 1.54) is 6.07 Å². The van der Waals surface area contributed by atoms with E-state index in [-0.39, 0.29) is 5.69 Å². The van der Waals surface area contributed by atoms with Gasteiger partial charge in [0.05, 0.1) is 11.7 Å². The van der Waals surface area contributed by atoms with Crippen LogP contribution >= 0.6 is 15.9 Å². The largest absolute Gasteiger partial charge is 0.319 e. The first-order valence-corrected chi connectivity index (χ1v) is 5.59. The maximum absolute atomic E-state index is 13.6. The summed E-state index contributed by atoms with van der Waals surface area (Å²) in [5.41, 5.74) is 7.05. The van der Waals surface area contributed by atoms with E-state index in [2.05, 4.69) is 20.9 Å². The summed E-state index contributed by atoms with van der Waals surface area (Å²) in [4.78, 5) is 4.01. The Labute approximate surface area is 101 Å². The summed E-state index contributed by atoms with van der Waals surface area (Å²) in [5.74, 6) is -0.397. The van der Waals surface area contributed by atoms with E-state index in [1.807, 2.05) is 30.3 Å². The van der Waals surface area contributed by atoms with Gasteiger partial charge in [0.25, 0.3) is 0 Å². The Bertz CT molecular complexity index is 488. The second-order valence-corrected chi connectivity index (χ2v) is 4.32. The van der Waals surface area contributed by atoms with Gasteiger partial charge in [0.1, 0.15) is 5.82 Å².